The average molecular weight is 200 g/mol. The van der Waals surface area contributed by atoms with Gasteiger partial charge in [-0.05, 0) is 6.92 Å². The van der Waals surface area contributed by atoms with Crippen LogP contribution in [0, 0.1) is 0 Å². The van der Waals surface area contributed by atoms with Gasteiger partial charge in [0.1, 0.15) is 0 Å². The summed E-state index contributed by atoms with van der Waals surface area (Å²) in [6, 6.07) is 0. The van der Waals surface area contributed by atoms with E-state index in [9.17, 15) is 9.90 Å². The van der Waals surface area contributed by atoms with Gasteiger partial charge in [0.15, 0.2) is 0 Å². The zero-order chi connectivity index (χ0) is 10.6. The molecule has 1 N–H and O–H groups in total. The smallest absolute Gasteiger partial charge is 0.328 e. The maximum absolute atomic E-state index is 11.5. The first-order valence-electron chi connectivity index (χ1n) is 4.61. The zero-order valence-electron chi connectivity index (χ0n) is 8.51. The van der Waals surface area contributed by atoms with E-state index in [0.29, 0.717) is 6.54 Å². The minimum absolute atomic E-state index is 0.0948. The summed E-state index contributed by atoms with van der Waals surface area (Å²) in [6.07, 6.45) is 2.75. The standard InChI is InChI=1S/C9H16N2O3/c1-3-10-4-5-11(9(10)13)6-8(12)7-14-2/h4-5,8,12H,3,6-7H2,1-2H3. The summed E-state index contributed by atoms with van der Waals surface area (Å²) >= 11 is 0. The quantitative estimate of drug-likeness (QED) is 0.708. The maximum Gasteiger partial charge on any atom is 0.328 e. The van der Waals surface area contributed by atoms with Crippen LogP contribution in [0.25, 0.3) is 0 Å². The topological polar surface area (TPSA) is 56.4 Å². The summed E-state index contributed by atoms with van der Waals surface area (Å²) in [5.41, 5.74) is -0.0948. The average Bonchev–Trinajstić information content (AvgIpc) is 2.48. The van der Waals surface area contributed by atoms with E-state index in [1.54, 1.807) is 17.0 Å². The molecule has 1 heterocycles. The van der Waals surface area contributed by atoms with Gasteiger partial charge in [-0.1, -0.05) is 0 Å². The molecule has 5 heteroatoms. The molecular weight excluding hydrogens is 184 g/mol. The van der Waals surface area contributed by atoms with E-state index in [2.05, 4.69) is 0 Å². The van der Waals surface area contributed by atoms with Crippen molar-refractivity contribution in [3.63, 3.8) is 0 Å². The number of hydrogen-bond donors (Lipinski definition) is 1. The molecule has 1 aromatic rings. The van der Waals surface area contributed by atoms with E-state index in [-0.39, 0.29) is 18.8 Å². The third-order valence-corrected chi connectivity index (χ3v) is 2.03. The summed E-state index contributed by atoms with van der Waals surface area (Å²) in [4.78, 5) is 11.5. The molecule has 5 nitrogen and oxygen atoms in total. The minimum Gasteiger partial charge on any atom is -0.389 e. The molecule has 0 saturated heterocycles. The van der Waals surface area contributed by atoms with Crippen molar-refractivity contribution >= 4 is 0 Å². The van der Waals surface area contributed by atoms with Crippen LogP contribution in [0.4, 0.5) is 0 Å². The summed E-state index contributed by atoms with van der Waals surface area (Å²) in [5, 5.41) is 9.42. The number of aryl methyl sites for hydroxylation is 1. The number of aromatic nitrogens is 2. The highest BCUT2D eigenvalue weighted by Gasteiger charge is 2.07. The fourth-order valence-electron chi connectivity index (χ4n) is 1.31. The van der Waals surface area contributed by atoms with Crippen molar-refractivity contribution < 1.29 is 9.84 Å². The lowest BCUT2D eigenvalue weighted by molar-refractivity contribution is 0.0530. The Morgan fingerprint density at radius 1 is 1.50 bits per heavy atom. The second kappa shape index (κ2) is 4.97. The first-order valence-corrected chi connectivity index (χ1v) is 4.61. The number of nitrogens with zero attached hydrogens (tertiary/aromatic N) is 2. The van der Waals surface area contributed by atoms with Crippen LogP contribution in [0.1, 0.15) is 6.92 Å². The normalized spacial score (nSPS) is 13.1. The molecule has 0 aliphatic rings. The van der Waals surface area contributed by atoms with E-state index in [1.165, 1.54) is 11.7 Å². The fourth-order valence-corrected chi connectivity index (χ4v) is 1.31. The Hall–Kier alpha value is -1.07. The Morgan fingerprint density at radius 3 is 2.64 bits per heavy atom. The van der Waals surface area contributed by atoms with Gasteiger partial charge in [-0.3, -0.25) is 9.13 Å². The van der Waals surface area contributed by atoms with Crippen molar-refractivity contribution in [2.24, 2.45) is 0 Å². The third-order valence-electron chi connectivity index (χ3n) is 2.03. The van der Waals surface area contributed by atoms with Gasteiger partial charge in [0, 0.05) is 26.0 Å². The molecule has 0 spiro atoms. The highest BCUT2D eigenvalue weighted by Crippen LogP contribution is 1.91. The Kier molecular flexibility index (Phi) is 3.91. The fraction of sp³-hybridized carbons (Fsp3) is 0.667. The van der Waals surface area contributed by atoms with Gasteiger partial charge in [0.05, 0.1) is 19.3 Å². The lowest BCUT2D eigenvalue weighted by Gasteiger charge is -2.08. The number of rotatable bonds is 5. The van der Waals surface area contributed by atoms with Crippen LogP contribution in [-0.2, 0) is 17.8 Å². The lowest BCUT2D eigenvalue weighted by Crippen LogP contribution is -2.30. The van der Waals surface area contributed by atoms with E-state index in [4.69, 9.17) is 4.74 Å². The number of hydrogen-bond acceptors (Lipinski definition) is 3. The number of ether oxygens (including phenoxy) is 1. The highest BCUT2D eigenvalue weighted by molar-refractivity contribution is 4.81. The Labute approximate surface area is 82.5 Å². The van der Waals surface area contributed by atoms with Crippen molar-refractivity contribution in [3.05, 3.63) is 22.9 Å². The molecule has 0 aliphatic carbocycles. The number of aliphatic hydroxyl groups is 1. The minimum atomic E-state index is -0.634. The Bertz CT molecular complexity index is 329. The van der Waals surface area contributed by atoms with Gasteiger partial charge in [-0.15, -0.1) is 0 Å². The van der Waals surface area contributed by atoms with Crippen LogP contribution in [0.15, 0.2) is 17.2 Å². The van der Waals surface area contributed by atoms with Crippen molar-refractivity contribution in [1.29, 1.82) is 0 Å². The molecule has 0 fully saturated rings. The molecule has 14 heavy (non-hydrogen) atoms. The molecule has 1 aromatic heterocycles. The van der Waals surface area contributed by atoms with Gasteiger partial charge < -0.3 is 9.84 Å². The number of imidazole rings is 1. The van der Waals surface area contributed by atoms with Crippen LogP contribution in [0.2, 0.25) is 0 Å². The molecule has 1 unspecified atom stereocenters. The van der Waals surface area contributed by atoms with Crippen LogP contribution in [0.5, 0.6) is 0 Å². The number of aliphatic hydroxyl groups excluding tert-OH is 1. The predicted molar refractivity (Wildman–Crippen MR) is 52.2 cm³/mol. The van der Waals surface area contributed by atoms with Gasteiger partial charge in [-0.25, -0.2) is 4.79 Å². The summed E-state index contributed by atoms with van der Waals surface area (Å²) in [6.45, 7) is 3.06. The molecule has 0 amide bonds. The summed E-state index contributed by atoms with van der Waals surface area (Å²) in [5.74, 6) is 0. The second-order valence-corrected chi connectivity index (χ2v) is 3.13. The van der Waals surface area contributed by atoms with Gasteiger partial charge in [0.2, 0.25) is 0 Å². The second-order valence-electron chi connectivity index (χ2n) is 3.13. The third kappa shape index (κ3) is 2.46. The predicted octanol–water partition coefficient (Wildman–Crippen LogP) is -0.323. The van der Waals surface area contributed by atoms with E-state index in [1.807, 2.05) is 6.92 Å². The zero-order valence-corrected chi connectivity index (χ0v) is 8.51. The van der Waals surface area contributed by atoms with Crippen LogP contribution in [0.3, 0.4) is 0 Å². The summed E-state index contributed by atoms with van der Waals surface area (Å²) < 4.78 is 7.84. The lowest BCUT2D eigenvalue weighted by atomic mass is 10.4. The van der Waals surface area contributed by atoms with Crippen molar-refractivity contribution in [2.45, 2.75) is 26.1 Å². The summed E-state index contributed by atoms with van der Waals surface area (Å²) in [7, 11) is 1.52. The molecule has 80 valence electrons. The van der Waals surface area contributed by atoms with Crippen molar-refractivity contribution in [1.82, 2.24) is 9.13 Å². The van der Waals surface area contributed by atoms with Crippen molar-refractivity contribution in [2.75, 3.05) is 13.7 Å². The highest BCUT2D eigenvalue weighted by atomic mass is 16.5. The van der Waals surface area contributed by atoms with Crippen molar-refractivity contribution in [3.8, 4) is 0 Å². The maximum atomic E-state index is 11.5. The Balaban J connectivity index is 2.67. The molecule has 0 saturated carbocycles. The van der Waals surface area contributed by atoms with Gasteiger partial charge in [-0.2, -0.15) is 0 Å². The Morgan fingerprint density at radius 2 is 2.14 bits per heavy atom. The van der Waals surface area contributed by atoms with Crippen LogP contribution in [-0.4, -0.2) is 34.1 Å². The molecule has 0 radical (unpaired) electrons. The molecular formula is C9H16N2O3. The van der Waals surface area contributed by atoms with E-state index in [0.717, 1.165) is 0 Å². The number of methoxy groups -OCH3 is 1. The van der Waals surface area contributed by atoms with Gasteiger partial charge in [0.25, 0.3) is 0 Å². The van der Waals surface area contributed by atoms with Crippen LogP contribution < -0.4 is 5.69 Å². The van der Waals surface area contributed by atoms with E-state index >= 15 is 0 Å². The van der Waals surface area contributed by atoms with Gasteiger partial charge >= 0.3 is 5.69 Å². The van der Waals surface area contributed by atoms with E-state index < -0.39 is 6.10 Å². The SMILES string of the molecule is CCn1ccn(CC(O)COC)c1=O. The molecule has 0 aliphatic heterocycles. The largest absolute Gasteiger partial charge is 0.389 e. The molecule has 1 atom stereocenters. The molecule has 1 rings (SSSR count). The monoisotopic (exact) mass is 200 g/mol. The molecule has 0 aromatic carbocycles. The first kappa shape index (κ1) is 11.0. The first-order chi connectivity index (χ1) is 6.69. The molecule has 0 bridgehead atoms. The van der Waals surface area contributed by atoms with Crippen LogP contribution >= 0.6 is 0 Å².